The molecule has 1 aliphatic heterocycles. The molecule has 1 aliphatic carbocycles. The maximum absolute atomic E-state index is 13.0. The van der Waals surface area contributed by atoms with Crippen LogP contribution in [0.15, 0.2) is 30.3 Å². The van der Waals surface area contributed by atoms with Crippen LogP contribution in [0.1, 0.15) is 44.1 Å². The monoisotopic (exact) mass is 455 g/mol. The maximum Gasteiger partial charge on any atom is 0.490 e. The molecule has 1 aromatic rings. The summed E-state index contributed by atoms with van der Waals surface area (Å²) in [5.41, 5.74) is 6.93. The lowest BCUT2D eigenvalue weighted by atomic mass is 10.0. The number of rotatable bonds is 7. The molecule has 3 N–H and O–H groups in total. The largest absolute Gasteiger partial charge is 0.490 e. The lowest BCUT2D eigenvalue weighted by Gasteiger charge is -2.32. The van der Waals surface area contributed by atoms with E-state index in [1.54, 1.807) is 0 Å². The minimum atomic E-state index is -5.25. The van der Waals surface area contributed by atoms with Crippen molar-refractivity contribution in [3.05, 3.63) is 35.9 Å². The molecule has 0 bridgehead atoms. The van der Waals surface area contributed by atoms with Gasteiger partial charge in [-0.15, -0.1) is 0 Å². The van der Waals surface area contributed by atoms with Crippen LogP contribution in [0.4, 0.5) is 13.2 Å². The second kappa shape index (κ2) is 10.3. The molecule has 0 aromatic heterocycles. The Kier molecular flexibility index (Phi) is 7.76. The number of alkyl halides is 3. The van der Waals surface area contributed by atoms with Gasteiger partial charge in [-0.1, -0.05) is 43.2 Å². The van der Waals surface area contributed by atoms with Crippen molar-refractivity contribution in [1.82, 2.24) is 10.2 Å². The number of ether oxygens (including phenoxy) is 1. The molecule has 2 fully saturated rings. The van der Waals surface area contributed by atoms with Crippen LogP contribution < -0.4 is 11.1 Å². The van der Waals surface area contributed by atoms with Gasteiger partial charge in [0.2, 0.25) is 12.0 Å². The van der Waals surface area contributed by atoms with E-state index in [1.165, 1.54) is 4.90 Å². The van der Waals surface area contributed by atoms with E-state index in [0.717, 1.165) is 18.4 Å². The summed E-state index contributed by atoms with van der Waals surface area (Å²) in [5, 5.41) is 2.69. The van der Waals surface area contributed by atoms with Crippen molar-refractivity contribution in [1.29, 1.82) is 0 Å². The number of esters is 1. The minimum absolute atomic E-state index is 0.180. The third-order valence-electron chi connectivity index (χ3n) is 5.97. The lowest BCUT2D eigenvalue weighted by molar-refractivity contribution is -0.207. The number of nitrogens with zero attached hydrogens (tertiary/aromatic N) is 1. The number of nitrogens with two attached hydrogens (primary N) is 1. The van der Waals surface area contributed by atoms with E-state index in [-0.39, 0.29) is 25.4 Å². The summed E-state index contributed by atoms with van der Waals surface area (Å²) in [6.45, 7) is 0.225. The van der Waals surface area contributed by atoms with Gasteiger partial charge in [0, 0.05) is 12.6 Å². The molecule has 1 heterocycles. The normalized spacial score (nSPS) is 21.2. The van der Waals surface area contributed by atoms with Crippen LogP contribution in [0.3, 0.4) is 0 Å². The highest BCUT2D eigenvalue weighted by Gasteiger charge is 2.48. The first-order valence-electron chi connectivity index (χ1n) is 10.8. The highest BCUT2D eigenvalue weighted by molar-refractivity contribution is 5.88. The van der Waals surface area contributed by atoms with Crippen LogP contribution in [0.25, 0.3) is 0 Å². The number of benzene rings is 1. The highest BCUT2D eigenvalue weighted by Crippen LogP contribution is 2.27. The van der Waals surface area contributed by atoms with Crippen molar-refractivity contribution in [3.8, 4) is 0 Å². The standard InChI is InChI=1S/C22H28F3N3O4/c23-22(24,25)21(31)32-18(19(29)27-15-9-4-5-10-15)17-11-6-12-28(17)20(30)16(26)13-14-7-2-1-3-8-14/h1-3,7-8,15-18H,4-6,9-13,26H2,(H,27,29)/t16-,17?,18?/m0/s1. The molecule has 1 saturated carbocycles. The topological polar surface area (TPSA) is 102 Å². The average Bonchev–Trinajstić information content (AvgIpc) is 3.43. The molecule has 2 amide bonds. The van der Waals surface area contributed by atoms with E-state index in [4.69, 9.17) is 5.73 Å². The van der Waals surface area contributed by atoms with Crippen LogP contribution >= 0.6 is 0 Å². The minimum Gasteiger partial charge on any atom is -0.443 e. The maximum atomic E-state index is 13.0. The zero-order valence-corrected chi connectivity index (χ0v) is 17.6. The fraction of sp³-hybridized carbons (Fsp3) is 0.591. The quantitative estimate of drug-likeness (QED) is 0.613. The fourth-order valence-electron chi connectivity index (χ4n) is 4.39. The molecule has 2 aliphatic rings. The zero-order valence-electron chi connectivity index (χ0n) is 17.6. The highest BCUT2D eigenvalue weighted by atomic mass is 19.4. The third-order valence-corrected chi connectivity index (χ3v) is 5.97. The Labute approximate surface area is 184 Å². The molecule has 2 unspecified atom stereocenters. The Balaban J connectivity index is 1.75. The van der Waals surface area contributed by atoms with E-state index < -0.39 is 42.1 Å². The van der Waals surface area contributed by atoms with Crippen molar-refractivity contribution in [2.75, 3.05) is 6.54 Å². The Bertz CT molecular complexity index is 812. The van der Waals surface area contributed by atoms with Gasteiger partial charge >= 0.3 is 12.1 Å². The van der Waals surface area contributed by atoms with Crippen molar-refractivity contribution in [2.45, 2.75) is 75.4 Å². The van der Waals surface area contributed by atoms with Gasteiger partial charge in [-0.2, -0.15) is 13.2 Å². The van der Waals surface area contributed by atoms with Crippen molar-refractivity contribution in [3.63, 3.8) is 0 Å². The first-order valence-corrected chi connectivity index (χ1v) is 10.8. The van der Waals surface area contributed by atoms with Crippen LogP contribution in [0.5, 0.6) is 0 Å². The molecule has 3 atom stereocenters. The molecule has 7 nitrogen and oxygen atoms in total. The summed E-state index contributed by atoms with van der Waals surface area (Å²) in [6.07, 6.45) is -2.83. The lowest BCUT2D eigenvalue weighted by Crippen LogP contribution is -2.56. The summed E-state index contributed by atoms with van der Waals surface area (Å²) in [6, 6.07) is 6.97. The van der Waals surface area contributed by atoms with Gasteiger partial charge in [-0.25, -0.2) is 4.79 Å². The number of likely N-dealkylation sites (tertiary alicyclic amines) is 1. The Morgan fingerprint density at radius 1 is 1.09 bits per heavy atom. The summed E-state index contributed by atoms with van der Waals surface area (Å²) in [7, 11) is 0. The predicted octanol–water partition coefficient (Wildman–Crippen LogP) is 2.08. The molecule has 176 valence electrons. The number of halogens is 3. The fourth-order valence-corrected chi connectivity index (χ4v) is 4.39. The van der Waals surface area contributed by atoms with Crippen LogP contribution in [-0.2, 0) is 25.5 Å². The Hall–Kier alpha value is -2.62. The first-order chi connectivity index (χ1) is 15.2. The van der Waals surface area contributed by atoms with Gasteiger partial charge < -0.3 is 20.7 Å². The van der Waals surface area contributed by atoms with Gasteiger partial charge in [0.25, 0.3) is 5.91 Å². The summed E-state index contributed by atoms with van der Waals surface area (Å²) in [5.74, 6) is -3.74. The van der Waals surface area contributed by atoms with E-state index in [0.29, 0.717) is 19.3 Å². The Morgan fingerprint density at radius 3 is 2.38 bits per heavy atom. The van der Waals surface area contributed by atoms with Crippen LogP contribution in [0, 0.1) is 0 Å². The van der Waals surface area contributed by atoms with Gasteiger partial charge in [0.1, 0.15) is 0 Å². The predicted molar refractivity (Wildman–Crippen MR) is 109 cm³/mol. The van der Waals surface area contributed by atoms with Gasteiger partial charge in [-0.05, 0) is 37.7 Å². The van der Waals surface area contributed by atoms with Crippen LogP contribution in [0.2, 0.25) is 0 Å². The molecule has 10 heteroatoms. The number of carbonyl (C=O) groups is 3. The third kappa shape index (κ3) is 5.99. The molecule has 1 aromatic carbocycles. The van der Waals surface area contributed by atoms with E-state index in [2.05, 4.69) is 10.1 Å². The second-order valence-electron chi connectivity index (χ2n) is 8.35. The van der Waals surface area contributed by atoms with E-state index >= 15 is 0 Å². The Morgan fingerprint density at radius 2 is 1.75 bits per heavy atom. The zero-order chi connectivity index (χ0) is 23.3. The number of nitrogens with one attached hydrogen (secondary N) is 1. The molecule has 0 spiro atoms. The van der Waals surface area contributed by atoms with Gasteiger partial charge in [0.15, 0.2) is 0 Å². The molecular formula is C22H28F3N3O4. The molecular weight excluding hydrogens is 427 g/mol. The molecule has 3 rings (SSSR count). The number of hydrogen-bond acceptors (Lipinski definition) is 5. The summed E-state index contributed by atoms with van der Waals surface area (Å²) < 4.78 is 43.3. The summed E-state index contributed by atoms with van der Waals surface area (Å²) >= 11 is 0. The van der Waals surface area contributed by atoms with Crippen molar-refractivity contribution < 1.29 is 32.3 Å². The van der Waals surface area contributed by atoms with E-state index in [1.807, 2.05) is 30.3 Å². The molecule has 32 heavy (non-hydrogen) atoms. The molecule has 1 saturated heterocycles. The van der Waals surface area contributed by atoms with Gasteiger partial charge in [0.05, 0.1) is 12.1 Å². The van der Waals surface area contributed by atoms with E-state index in [9.17, 15) is 27.6 Å². The van der Waals surface area contributed by atoms with Crippen molar-refractivity contribution in [2.24, 2.45) is 5.73 Å². The number of carbonyl (C=O) groups excluding carboxylic acids is 3. The van der Waals surface area contributed by atoms with Gasteiger partial charge in [-0.3, -0.25) is 9.59 Å². The molecule has 0 radical (unpaired) electrons. The van der Waals surface area contributed by atoms with Crippen molar-refractivity contribution >= 4 is 17.8 Å². The number of hydrogen-bond donors (Lipinski definition) is 2. The summed E-state index contributed by atoms with van der Waals surface area (Å²) in [4.78, 5) is 38.7. The van der Waals surface area contributed by atoms with Crippen LogP contribution in [-0.4, -0.2) is 59.6 Å². The SMILES string of the molecule is N[C@@H](Cc1ccccc1)C(=O)N1CCCC1C(OC(=O)C(F)(F)F)C(=O)NC1CCCC1. The number of amides is 2. The average molecular weight is 455 g/mol. The second-order valence-corrected chi connectivity index (χ2v) is 8.35. The first kappa shape index (κ1) is 24.0. The smallest absolute Gasteiger partial charge is 0.443 e.